The highest BCUT2D eigenvalue weighted by atomic mass is 79.9. The third-order valence-electron chi connectivity index (χ3n) is 2.56. The average Bonchev–Trinajstić information content (AvgIpc) is 2.28. The van der Waals surface area contributed by atoms with E-state index in [1.165, 1.54) is 17.4 Å². The van der Waals surface area contributed by atoms with Gasteiger partial charge in [-0.25, -0.2) is 8.42 Å². The monoisotopic (exact) mass is 321 g/mol. The number of aliphatic hydroxyl groups excluding tert-OH is 1. The van der Waals surface area contributed by atoms with E-state index in [9.17, 15) is 8.42 Å². The molecule has 4 nitrogen and oxygen atoms in total. The summed E-state index contributed by atoms with van der Waals surface area (Å²) < 4.78 is 26.4. The van der Waals surface area contributed by atoms with E-state index in [-0.39, 0.29) is 17.5 Å². The van der Waals surface area contributed by atoms with Crippen molar-refractivity contribution in [2.45, 2.75) is 31.4 Å². The van der Waals surface area contributed by atoms with E-state index in [1.807, 2.05) is 0 Å². The van der Waals surface area contributed by atoms with E-state index in [0.717, 1.165) is 0 Å². The molecule has 0 saturated carbocycles. The molecular weight excluding hydrogens is 306 g/mol. The molecule has 1 aromatic rings. The molecule has 0 heterocycles. The fourth-order valence-corrected chi connectivity index (χ4v) is 3.62. The summed E-state index contributed by atoms with van der Waals surface area (Å²) in [5.41, 5.74) is 0.573. The van der Waals surface area contributed by atoms with Crippen LogP contribution in [0.3, 0.4) is 0 Å². The van der Waals surface area contributed by atoms with Crippen LogP contribution in [0.4, 0.5) is 0 Å². The van der Waals surface area contributed by atoms with Gasteiger partial charge in [-0.15, -0.1) is 0 Å². The maximum absolute atomic E-state index is 12.3. The lowest BCUT2D eigenvalue weighted by atomic mass is 10.2. The van der Waals surface area contributed by atoms with Gasteiger partial charge >= 0.3 is 0 Å². The highest BCUT2D eigenvalue weighted by Crippen LogP contribution is 2.26. The van der Waals surface area contributed by atoms with Gasteiger partial charge in [-0.2, -0.15) is 4.31 Å². The summed E-state index contributed by atoms with van der Waals surface area (Å²) >= 11 is 3.23. The number of aliphatic hydroxyl groups is 1. The second-order valence-electron chi connectivity index (χ2n) is 4.04. The number of hydrogen-bond donors (Lipinski definition) is 1. The minimum absolute atomic E-state index is 0.121. The van der Waals surface area contributed by atoms with Crippen molar-refractivity contribution < 1.29 is 13.5 Å². The fraction of sp³-hybridized carbons (Fsp3) is 0.455. The van der Waals surface area contributed by atoms with Crippen molar-refractivity contribution in [1.82, 2.24) is 4.31 Å². The van der Waals surface area contributed by atoms with Crippen LogP contribution in [0.1, 0.15) is 19.4 Å². The van der Waals surface area contributed by atoms with E-state index in [0.29, 0.717) is 10.0 Å². The molecule has 17 heavy (non-hydrogen) atoms. The van der Waals surface area contributed by atoms with Crippen LogP contribution in [-0.4, -0.2) is 30.9 Å². The molecule has 0 saturated heterocycles. The van der Waals surface area contributed by atoms with Crippen LogP contribution < -0.4 is 0 Å². The Labute approximate surface area is 110 Å². The molecule has 1 aromatic carbocycles. The Morgan fingerprint density at radius 3 is 2.47 bits per heavy atom. The fourth-order valence-electron chi connectivity index (χ4n) is 1.28. The second-order valence-corrected chi connectivity index (χ2v) is 6.86. The summed E-state index contributed by atoms with van der Waals surface area (Å²) in [4.78, 5) is 0.181. The minimum atomic E-state index is -3.53. The summed E-state index contributed by atoms with van der Waals surface area (Å²) in [7, 11) is -1.99. The van der Waals surface area contributed by atoms with Crippen LogP contribution in [0, 0.1) is 0 Å². The zero-order valence-corrected chi connectivity index (χ0v) is 12.4. The molecule has 0 aliphatic rings. The molecule has 96 valence electrons. The molecule has 0 aliphatic carbocycles. The van der Waals surface area contributed by atoms with Crippen molar-refractivity contribution >= 4 is 26.0 Å². The van der Waals surface area contributed by atoms with Gasteiger partial charge in [0.1, 0.15) is 0 Å². The molecule has 0 unspecified atom stereocenters. The molecule has 1 rings (SSSR count). The Morgan fingerprint density at radius 1 is 1.41 bits per heavy atom. The van der Waals surface area contributed by atoms with Gasteiger partial charge in [-0.05, 0) is 47.5 Å². The van der Waals surface area contributed by atoms with Crippen LogP contribution >= 0.6 is 15.9 Å². The molecule has 0 aliphatic heterocycles. The van der Waals surface area contributed by atoms with Gasteiger partial charge < -0.3 is 5.11 Å². The molecule has 0 spiro atoms. The molecule has 6 heteroatoms. The number of halogens is 1. The topological polar surface area (TPSA) is 57.6 Å². The summed E-state index contributed by atoms with van der Waals surface area (Å²) in [6, 6.07) is 4.67. The quantitative estimate of drug-likeness (QED) is 0.922. The van der Waals surface area contributed by atoms with Crippen molar-refractivity contribution in [3.8, 4) is 0 Å². The molecule has 0 aromatic heterocycles. The van der Waals surface area contributed by atoms with E-state index in [4.69, 9.17) is 5.11 Å². The second kappa shape index (κ2) is 5.48. The SMILES string of the molecule is CC(C)N(C)S(=O)(=O)c1cc(CO)ccc1Br. The number of sulfonamides is 1. The molecule has 0 radical (unpaired) electrons. The van der Waals surface area contributed by atoms with Gasteiger partial charge in [0, 0.05) is 17.6 Å². The number of rotatable bonds is 4. The van der Waals surface area contributed by atoms with Gasteiger partial charge in [0.2, 0.25) is 10.0 Å². The Bertz CT molecular complexity index is 499. The number of nitrogens with zero attached hydrogens (tertiary/aromatic N) is 1. The smallest absolute Gasteiger partial charge is 0.244 e. The Balaban J connectivity index is 3.32. The normalized spacial score (nSPS) is 12.4. The van der Waals surface area contributed by atoms with E-state index >= 15 is 0 Å². The molecule has 0 fully saturated rings. The minimum Gasteiger partial charge on any atom is -0.392 e. The van der Waals surface area contributed by atoms with Crippen LogP contribution in [0.15, 0.2) is 27.6 Å². The van der Waals surface area contributed by atoms with E-state index < -0.39 is 10.0 Å². The lowest BCUT2D eigenvalue weighted by Crippen LogP contribution is -2.33. The first-order chi connectivity index (χ1) is 7.80. The van der Waals surface area contributed by atoms with Crippen molar-refractivity contribution in [2.24, 2.45) is 0 Å². The number of benzene rings is 1. The maximum Gasteiger partial charge on any atom is 0.244 e. The van der Waals surface area contributed by atoms with Crippen molar-refractivity contribution in [3.05, 3.63) is 28.2 Å². The first kappa shape index (κ1) is 14.6. The summed E-state index contributed by atoms with van der Waals surface area (Å²) in [6.07, 6.45) is 0. The summed E-state index contributed by atoms with van der Waals surface area (Å²) in [5, 5.41) is 9.04. The highest BCUT2D eigenvalue weighted by Gasteiger charge is 2.25. The number of hydrogen-bond acceptors (Lipinski definition) is 3. The lowest BCUT2D eigenvalue weighted by molar-refractivity contribution is 0.281. The largest absolute Gasteiger partial charge is 0.392 e. The van der Waals surface area contributed by atoms with Crippen LogP contribution in [0.25, 0.3) is 0 Å². The van der Waals surface area contributed by atoms with Gasteiger partial charge in [0.25, 0.3) is 0 Å². The van der Waals surface area contributed by atoms with Crippen LogP contribution in [-0.2, 0) is 16.6 Å². The van der Waals surface area contributed by atoms with Crippen molar-refractivity contribution in [2.75, 3.05) is 7.05 Å². The van der Waals surface area contributed by atoms with Crippen molar-refractivity contribution in [1.29, 1.82) is 0 Å². The van der Waals surface area contributed by atoms with Gasteiger partial charge in [-0.3, -0.25) is 0 Å². The molecule has 1 N–H and O–H groups in total. The Kier molecular flexibility index (Phi) is 4.71. The first-order valence-electron chi connectivity index (χ1n) is 5.18. The summed E-state index contributed by atoms with van der Waals surface area (Å²) in [6.45, 7) is 3.43. The lowest BCUT2D eigenvalue weighted by Gasteiger charge is -2.21. The first-order valence-corrected chi connectivity index (χ1v) is 7.41. The van der Waals surface area contributed by atoms with Gasteiger partial charge in [0.15, 0.2) is 0 Å². The standard InChI is InChI=1S/C11H16BrNO3S/c1-8(2)13(3)17(15,16)11-6-9(7-14)4-5-10(11)12/h4-6,8,14H,7H2,1-3H3. The average molecular weight is 322 g/mol. The third-order valence-corrected chi connectivity index (χ3v) is 5.59. The Morgan fingerprint density at radius 2 is 2.00 bits per heavy atom. The van der Waals surface area contributed by atoms with Crippen LogP contribution in [0.5, 0.6) is 0 Å². The van der Waals surface area contributed by atoms with Gasteiger partial charge in [0.05, 0.1) is 11.5 Å². The van der Waals surface area contributed by atoms with Crippen LogP contribution in [0.2, 0.25) is 0 Å². The van der Waals surface area contributed by atoms with Crippen molar-refractivity contribution in [3.63, 3.8) is 0 Å². The Hall–Kier alpha value is -0.430. The van der Waals surface area contributed by atoms with Gasteiger partial charge in [-0.1, -0.05) is 6.07 Å². The maximum atomic E-state index is 12.3. The highest BCUT2D eigenvalue weighted by molar-refractivity contribution is 9.10. The molecular formula is C11H16BrNO3S. The predicted molar refractivity (Wildman–Crippen MR) is 70.1 cm³/mol. The molecule has 0 bridgehead atoms. The molecule has 0 atom stereocenters. The predicted octanol–water partition coefficient (Wildman–Crippen LogP) is 1.97. The van der Waals surface area contributed by atoms with E-state index in [2.05, 4.69) is 15.9 Å². The zero-order valence-electron chi connectivity index (χ0n) is 10.0. The third kappa shape index (κ3) is 3.07. The molecule has 0 amide bonds. The summed E-state index contributed by atoms with van der Waals surface area (Å²) in [5.74, 6) is 0. The zero-order chi connectivity index (χ0) is 13.2. The van der Waals surface area contributed by atoms with E-state index in [1.54, 1.807) is 26.0 Å².